The van der Waals surface area contributed by atoms with Crippen LogP contribution in [0.15, 0.2) is 24.3 Å². The van der Waals surface area contributed by atoms with Crippen molar-refractivity contribution in [1.29, 1.82) is 0 Å². The molecule has 4 N–H and O–H groups in total. The smallest absolute Gasteiger partial charge is 0.224 e. The summed E-state index contributed by atoms with van der Waals surface area (Å²) < 4.78 is 5.09. The zero-order chi connectivity index (χ0) is 14.4. The lowest BCUT2D eigenvalue weighted by molar-refractivity contribution is -0.125. The van der Waals surface area contributed by atoms with Crippen LogP contribution in [0, 0.1) is 5.92 Å². The normalized spacial score (nSPS) is 15.4. The van der Waals surface area contributed by atoms with Crippen LogP contribution in [0.4, 0.5) is 0 Å². The molecule has 0 aromatic heterocycles. The van der Waals surface area contributed by atoms with Crippen molar-refractivity contribution >= 4 is 5.91 Å². The highest BCUT2D eigenvalue weighted by atomic mass is 16.5. The van der Waals surface area contributed by atoms with E-state index < -0.39 is 6.10 Å². The Morgan fingerprint density at radius 2 is 2.16 bits per heavy atom. The molecule has 1 aromatic carbocycles. The number of ether oxygens (including phenoxy) is 1. The summed E-state index contributed by atoms with van der Waals surface area (Å²) in [5, 5.41) is 12.7. The molecule has 0 radical (unpaired) electrons. The quantitative estimate of drug-likeness (QED) is 0.712. The van der Waals surface area contributed by atoms with E-state index >= 15 is 0 Å². The van der Waals surface area contributed by atoms with Crippen molar-refractivity contribution < 1.29 is 14.6 Å². The molecular formula is C14H22N2O3. The second-order valence-corrected chi connectivity index (χ2v) is 4.69. The maximum Gasteiger partial charge on any atom is 0.224 e. The van der Waals surface area contributed by atoms with Gasteiger partial charge < -0.3 is 20.9 Å². The second-order valence-electron chi connectivity index (χ2n) is 4.69. The van der Waals surface area contributed by atoms with Crippen molar-refractivity contribution in [3.63, 3.8) is 0 Å². The summed E-state index contributed by atoms with van der Waals surface area (Å²) in [4.78, 5) is 11.7. The number of carbonyl (C=O) groups excluding carboxylic acids is 1. The maximum absolute atomic E-state index is 11.7. The summed E-state index contributed by atoms with van der Waals surface area (Å²) in [5.74, 6) is 0.237. The Kier molecular flexibility index (Phi) is 5.79. The van der Waals surface area contributed by atoms with Crippen LogP contribution in [0.25, 0.3) is 0 Å². The lowest BCUT2D eigenvalue weighted by Crippen LogP contribution is -2.40. The van der Waals surface area contributed by atoms with Crippen molar-refractivity contribution in [2.24, 2.45) is 11.7 Å². The molecule has 0 heterocycles. The van der Waals surface area contributed by atoms with Gasteiger partial charge >= 0.3 is 0 Å². The average Bonchev–Trinajstić information content (AvgIpc) is 2.43. The molecule has 0 bridgehead atoms. The molecule has 106 valence electrons. The minimum absolute atomic E-state index is 0.156. The standard InChI is InChI=1S/C14H22N2O3/c1-9(10(2)15)14(18)16-8-13(17)11-5-4-6-12(7-11)19-3/h4-7,9-10,13,17H,8,15H2,1-3H3,(H,16,18). The van der Waals surface area contributed by atoms with Crippen molar-refractivity contribution in [1.82, 2.24) is 5.32 Å². The molecule has 5 heteroatoms. The van der Waals surface area contributed by atoms with Crippen LogP contribution in [0.2, 0.25) is 0 Å². The Morgan fingerprint density at radius 3 is 2.74 bits per heavy atom. The van der Waals surface area contributed by atoms with Crippen molar-refractivity contribution in [3.8, 4) is 5.75 Å². The second kappa shape index (κ2) is 7.11. The van der Waals surface area contributed by atoms with Crippen LogP contribution >= 0.6 is 0 Å². The molecule has 3 unspecified atom stereocenters. The average molecular weight is 266 g/mol. The SMILES string of the molecule is COc1cccc(C(O)CNC(=O)C(C)C(C)N)c1. The highest BCUT2D eigenvalue weighted by Gasteiger charge is 2.18. The van der Waals surface area contributed by atoms with E-state index in [1.165, 1.54) is 0 Å². The first-order valence-corrected chi connectivity index (χ1v) is 6.31. The number of benzene rings is 1. The van der Waals surface area contributed by atoms with E-state index in [0.717, 1.165) is 0 Å². The summed E-state index contributed by atoms with van der Waals surface area (Å²) in [6, 6.07) is 6.91. The van der Waals surface area contributed by atoms with E-state index in [1.54, 1.807) is 45.2 Å². The predicted octanol–water partition coefficient (Wildman–Crippen LogP) is 0.828. The van der Waals surface area contributed by atoms with Crippen LogP contribution in [0.3, 0.4) is 0 Å². The molecular weight excluding hydrogens is 244 g/mol. The zero-order valence-corrected chi connectivity index (χ0v) is 11.6. The van der Waals surface area contributed by atoms with Gasteiger partial charge in [-0.3, -0.25) is 4.79 Å². The molecule has 0 fully saturated rings. The van der Waals surface area contributed by atoms with Crippen LogP contribution < -0.4 is 15.8 Å². The Balaban J connectivity index is 2.55. The molecule has 0 saturated heterocycles. The van der Waals surface area contributed by atoms with Gasteiger partial charge in [0.15, 0.2) is 0 Å². The molecule has 19 heavy (non-hydrogen) atoms. The van der Waals surface area contributed by atoms with Crippen LogP contribution in [0.1, 0.15) is 25.5 Å². The van der Waals surface area contributed by atoms with Gasteiger partial charge in [0, 0.05) is 18.5 Å². The Hall–Kier alpha value is -1.59. The van der Waals surface area contributed by atoms with E-state index in [2.05, 4.69) is 5.32 Å². The van der Waals surface area contributed by atoms with Gasteiger partial charge in [0.05, 0.1) is 13.2 Å². The van der Waals surface area contributed by atoms with E-state index in [1.807, 2.05) is 0 Å². The molecule has 5 nitrogen and oxygen atoms in total. The number of nitrogens with two attached hydrogens (primary N) is 1. The highest BCUT2D eigenvalue weighted by Crippen LogP contribution is 2.18. The fourth-order valence-electron chi connectivity index (χ4n) is 1.56. The van der Waals surface area contributed by atoms with Crippen molar-refractivity contribution in [2.75, 3.05) is 13.7 Å². The summed E-state index contributed by atoms with van der Waals surface area (Å²) in [6.07, 6.45) is -0.765. The van der Waals surface area contributed by atoms with Gasteiger partial charge in [0.25, 0.3) is 0 Å². The first kappa shape index (κ1) is 15.5. The lowest BCUT2D eigenvalue weighted by atomic mass is 10.0. The number of aliphatic hydroxyl groups excluding tert-OH is 1. The molecule has 1 rings (SSSR count). The first-order valence-electron chi connectivity index (χ1n) is 6.31. The summed E-state index contributed by atoms with van der Waals surface area (Å²) >= 11 is 0. The molecule has 1 amide bonds. The van der Waals surface area contributed by atoms with Crippen molar-refractivity contribution in [3.05, 3.63) is 29.8 Å². The number of carbonyl (C=O) groups is 1. The topological polar surface area (TPSA) is 84.6 Å². The molecule has 0 saturated carbocycles. The fraction of sp³-hybridized carbons (Fsp3) is 0.500. The minimum atomic E-state index is -0.765. The fourth-order valence-corrected chi connectivity index (χ4v) is 1.56. The van der Waals surface area contributed by atoms with Gasteiger partial charge in [-0.25, -0.2) is 0 Å². The van der Waals surface area contributed by atoms with Crippen LogP contribution in [0.5, 0.6) is 5.75 Å². The van der Waals surface area contributed by atoms with E-state index in [9.17, 15) is 9.90 Å². The van der Waals surface area contributed by atoms with Gasteiger partial charge in [-0.2, -0.15) is 0 Å². The number of methoxy groups -OCH3 is 1. The molecule has 0 aliphatic heterocycles. The van der Waals surface area contributed by atoms with Gasteiger partial charge in [0.1, 0.15) is 5.75 Å². The summed E-state index contributed by atoms with van der Waals surface area (Å²) in [5.41, 5.74) is 6.35. The van der Waals surface area contributed by atoms with E-state index in [0.29, 0.717) is 11.3 Å². The Labute approximate surface area is 113 Å². The predicted molar refractivity (Wildman–Crippen MR) is 73.8 cm³/mol. The highest BCUT2D eigenvalue weighted by molar-refractivity contribution is 5.78. The third-order valence-corrected chi connectivity index (χ3v) is 3.15. The zero-order valence-electron chi connectivity index (χ0n) is 11.6. The van der Waals surface area contributed by atoms with E-state index in [4.69, 9.17) is 10.5 Å². The van der Waals surface area contributed by atoms with Crippen LogP contribution in [-0.4, -0.2) is 30.7 Å². The largest absolute Gasteiger partial charge is 0.497 e. The van der Waals surface area contributed by atoms with Gasteiger partial charge in [0.2, 0.25) is 5.91 Å². The molecule has 0 spiro atoms. The van der Waals surface area contributed by atoms with Gasteiger partial charge in [-0.15, -0.1) is 0 Å². The molecule has 0 aliphatic carbocycles. The monoisotopic (exact) mass is 266 g/mol. The third-order valence-electron chi connectivity index (χ3n) is 3.15. The third kappa shape index (κ3) is 4.54. The molecule has 0 aliphatic rings. The summed E-state index contributed by atoms with van der Waals surface area (Å²) in [6.45, 7) is 3.70. The first-order chi connectivity index (χ1) is 8.95. The van der Waals surface area contributed by atoms with Crippen molar-refractivity contribution in [2.45, 2.75) is 26.0 Å². The number of amides is 1. The van der Waals surface area contributed by atoms with Crippen LogP contribution in [-0.2, 0) is 4.79 Å². The number of hydrogen-bond donors (Lipinski definition) is 3. The maximum atomic E-state index is 11.7. The van der Waals surface area contributed by atoms with E-state index in [-0.39, 0.29) is 24.4 Å². The Morgan fingerprint density at radius 1 is 1.47 bits per heavy atom. The van der Waals surface area contributed by atoms with Gasteiger partial charge in [-0.1, -0.05) is 19.1 Å². The summed E-state index contributed by atoms with van der Waals surface area (Å²) in [7, 11) is 1.57. The van der Waals surface area contributed by atoms with Gasteiger partial charge in [-0.05, 0) is 24.6 Å². The molecule has 1 aromatic rings. The Bertz CT molecular complexity index is 421. The lowest BCUT2D eigenvalue weighted by Gasteiger charge is -2.18. The number of hydrogen-bond acceptors (Lipinski definition) is 4. The number of rotatable bonds is 6. The number of nitrogens with one attached hydrogen (secondary N) is 1. The number of aliphatic hydroxyl groups is 1. The molecule has 3 atom stereocenters. The minimum Gasteiger partial charge on any atom is -0.497 e.